The third-order valence-corrected chi connectivity index (χ3v) is 4.63. The Bertz CT molecular complexity index is 1060. The Hall–Kier alpha value is -3.25. The van der Waals surface area contributed by atoms with Crippen LogP contribution in [-0.2, 0) is 16.1 Å². The molecule has 5 nitrogen and oxygen atoms in total. The van der Waals surface area contributed by atoms with Gasteiger partial charge < -0.3 is 9.26 Å². The predicted molar refractivity (Wildman–Crippen MR) is 100 cm³/mol. The Balaban J connectivity index is 1.40. The van der Waals surface area contributed by atoms with Crippen molar-refractivity contribution >= 4 is 34.3 Å². The summed E-state index contributed by atoms with van der Waals surface area (Å²) in [6.45, 7) is 0.0613. The van der Waals surface area contributed by atoms with Crippen LogP contribution in [0.15, 0.2) is 70.7 Å². The van der Waals surface area contributed by atoms with Crippen molar-refractivity contribution in [1.82, 2.24) is 10.1 Å². The molecule has 0 spiro atoms. The quantitative estimate of drug-likeness (QED) is 0.380. The number of hydrogen-bond donors (Lipinski definition) is 0. The van der Waals surface area contributed by atoms with E-state index in [1.807, 2.05) is 47.8 Å². The standard InChI is InChI=1S/C20H14N2O3S/c23-19(9-8-15-5-1-4-14-6-2-10-21-20(14)15)24-13-16-12-17(25-22-16)18-7-3-11-26-18/h1-12H,13H2/b9-8+. The largest absolute Gasteiger partial charge is 0.456 e. The van der Waals surface area contributed by atoms with Crippen molar-refractivity contribution in [1.29, 1.82) is 0 Å². The van der Waals surface area contributed by atoms with Gasteiger partial charge in [0.25, 0.3) is 0 Å². The van der Waals surface area contributed by atoms with Crippen molar-refractivity contribution in [3.05, 3.63) is 77.4 Å². The zero-order chi connectivity index (χ0) is 17.8. The molecule has 0 unspecified atom stereocenters. The van der Waals surface area contributed by atoms with Crippen LogP contribution in [0.1, 0.15) is 11.3 Å². The van der Waals surface area contributed by atoms with Gasteiger partial charge in [0, 0.05) is 29.3 Å². The summed E-state index contributed by atoms with van der Waals surface area (Å²) >= 11 is 1.56. The molecule has 0 bridgehead atoms. The average molecular weight is 362 g/mol. The normalized spacial score (nSPS) is 11.2. The minimum absolute atomic E-state index is 0.0613. The minimum atomic E-state index is -0.446. The molecule has 0 saturated carbocycles. The second-order valence-electron chi connectivity index (χ2n) is 5.52. The number of pyridine rings is 1. The van der Waals surface area contributed by atoms with Gasteiger partial charge in [-0.25, -0.2) is 4.79 Å². The SMILES string of the molecule is O=C(/C=C/c1cccc2cccnc12)OCc1cc(-c2cccs2)on1. The van der Waals surface area contributed by atoms with E-state index in [4.69, 9.17) is 9.26 Å². The molecule has 3 aromatic heterocycles. The summed E-state index contributed by atoms with van der Waals surface area (Å²) in [6.07, 6.45) is 4.83. The van der Waals surface area contributed by atoms with Crippen molar-refractivity contribution in [2.24, 2.45) is 0 Å². The maximum Gasteiger partial charge on any atom is 0.331 e. The number of hydrogen-bond acceptors (Lipinski definition) is 6. The fourth-order valence-electron chi connectivity index (χ4n) is 2.53. The number of esters is 1. The number of para-hydroxylation sites is 1. The molecule has 3 heterocycles. The third kappa shape index (κ3) is 3.55. The molecule has 0 saturated heterocycles. The monoisotopic (exact) mass is 362 g/mol. The van der Waals surface area contributed by atoms with Gasteiger partial charge in [-0.2, -0.15) is 0 Å². The molecule has 0 aliphatic heterocycles. The first-order valence-electron chi connectivity index (χ1n) is 7.98. The number of nitrogens with zero attached hydrogens (tertiary/aromatic N) is 2. The zero-order valence-corrected chi connectivity index (χ0v) is 14.5. The molecular formula is C20H14N2O3S. The van der Waals surface area contributed by atoms with E-state index in [0.717, 1.165) is 21.3 Å². The van der Waals surface area contributed by atoms with Crippen molar-refractivity contribution in [3.63, 3.8) is 0 Å². The highest BCUT2D eigenvalue weighted by Gasteiger charge is 2.09. The van der Waals surface area contributed by atoms with Crippen LogP contribution in [-0.4, -0.2) is 16.1 Å². The van der Waals surface area contributed by atoms with Gasteiger partial charge in [-0.1, -0.05) is 35.5 Å². The molecule has 26 heavy (non-hydrogen) atoms. The highest BCUT2D eigenvalue weighted by molar-refractivity contribution is 7.13. The van der Waals surface area contributed by atoms with Crippen LogP contribution in [0.3, 0.4) is 0 Å². The van der Waals surface area contributed by atoms with Crippen LogP contribution in [0.4, 0.5) is 0 Å². The molecule has 6 heteroatoms. The molecule has 0 amide bonds. The summed E-state index contributed by atoms with van der Waals surface area (Å²) in [5, 5.41) is 6.91. The summed E-state index contributed by atoms with van der Waals surface area (Å²) in [5.41, 5.74) is 2.28. The van der Waals surface area contributed by atoms with E-state index in [-0.39, 0.29) is 6.61 Å². The molecule has 4 aromatic rings. The van der Waals surface area contributed by atoms with Gasteiger partial charge in [-0.15, -0.1) is 11.3 Å². The first-order chi connectivity index (χ1) is 12.8. The number of aromatic nitrogens is 2. The molecule has 128 valence electrons. The Labute approximate surface area is 153 Å². The van der Waals surface area contributed by atoms with Gasteiger partial charge in [0.15, 0.2) is 5.76 Å². The second-order valence-corrected chi connectivity index (χ2v) is 6.47. The van der Waals surface area contributed by atoms with Crippen LogP contribution >= 0.6 is 11.3 Å². The van der Waals surface area contributed by atoms with Crippen molar-refractivity contribution in [3.8, 4) is 10.6 Å². The topological polar surface area (TPSA) is 65.2 Å². The number of thiophene rings is 1. The summed E-state index contributed by atoms with van der Waals surface area (Å²) in [7, 11) is 0. The Morgan fingerprint density at radius 1 is 1.19 bits per heavy atom. The van der Waals surface area contributed by atoms with Crippen LogP contribution in [0.25, 0.3) is 27.6 Å². The second kappa shape index (κ2) is 7.33. The van der Waals surface area contributed by atoms with Gasteiger partial charge >= 0.3 is 5.97 Å². The highest BCUT2D eigenvalue weighted by atomic mass is 32.1. The lowest BCUT2D eigenvalue weighted by molar-refractivity contribution is -0.139. The maximum absolute atomic E-state index is 12.0. The van der Waals surface area contributed by atoms with E-state index >= 15 is 0 Å². The molecule has 0 radical (unpaired) electrons. The number of carbonyl (C=O) groups is 1. The number of fused-ring (bicyclic) bond motifs is 1. The van der Waals surface area contributed by atoms with Gasteiger partial charge in [-0.05, 0) is 23.6 Å². The van der Waals surface area contributed by atoms with Crippen LogP contribution in [0, 0.1) is 0 Å². The lowest BCUT2D eigenvalue weighted by Crippen LogP contribution is -2.00. The van der Waals surface area contributed by atoms with E-state index < -0.39 is 5.97 Å². The zero-order valence-electron chi connectivity index (χ0n) is 13.7. The Kier molecular flexibility index (Phi) is 4.57. The van der Waals surface area contributed by atoms with Gasteiger partial charge in [0.2, 0.25) is 0 Å². The molecule has 1 aromatic carbocycles. The molecule has 4 rings (SSSR count). The first-order valence-corrected chi connectivity index (χ1v) is 8.85. The highest BCUT2D eigenvalue weighted by Crippen LogP contribution is 2.25. The van der Waals surface area contributed by atoms with E-state index in [0.29, 0.717) is 11.5 Å². The van der Waals surface area contributed by atoms with Gasteiger partial charge in [0.05, 0.1) is 10.4 Å². The molecule has 0 atom stereocenters. The van der Waals surface area contributed by atoms with Crippen LogP contribution in [0.5, 0.6) is 0 Å². The van der Waals surface area contributed by atoms with Crippen LogP contribution in [0.2, 0.25) is 0 Å². The number of ether oxygens (including phenoxy) is 1. The number of rotatable bonds is 5. The van der Waals surface area contributed by atoms with Crippen LogP contribution < -0.4 is 0 Å². The maximum atomic E-state index is 12.0. The molecular weight excluding hydrogens is 348 g/mol. The van der Waals surface area contributed by atoms with E-state index in [1.165, 1.54) is 6.08 Å². The Morgan fingerprint density at radius 3 is 3.00 bits per heavy atom. The summed E-state index contributed by atoms with van der Waals surface area (Å²) < 4.78 is 10.5. The van der Waals surface area contributed by atoms with E-state index in [2.05, 4.69) is 10.1 Å². The third-order valence-electron chi connectivity index (χ3n) is 3.75. The average Bonchev–Trinajstić information content (AvgIpc) is 3.36. The molecule has 0 aliphatic carbocycles. The Morgan fingerprint density at radius 2 is 2.12 bits per heavy atom. The number of carbonyl (C=O) groups excluding carboxylic acids is 1. The summed E-state index contributed by atoms with van der Waals surface area (Å²) in [6, 6.07) is 15.3. The lowest BCUT2D eigenvalue weighted by atomic mass is 10.1. The fraction of sp³-hybridized carbons (Fsp3) is 0.0500. The van der Waals surface area contributed by atoms with Crippen molar-refractivity contribution in [2.45, 2.75) is 6.61 Å². The molecule has 0 N–H and O–H groups in total. The first kappa shape index (κ1) is 16.2. The summed E-state index contributed by atoms with van der Waals surface area (Å²) in [4.78, 5) is 17.3. The summed E-state index contributed by atoms with van der Waals surface area (Å²) in [5.74, 6) is 0.224. The van der Waals surface area contributed by atoms with Crippen molar-refractivity contribution < 1.29 is 14.1 Å². The lowest BCUT2D eigenvalue weighted by Gasteiger charge is -2.01. The molecule has 0 fully saturated rings. The van der Waals surface area contributed by atoms with Gasteiger partial charge in [0.1, 0.15) is 12.3 Å². The van der Waals surface area contributed by atoms with E-state index in [1.54, 1.807) is 29.7 Å². The molecule has 0 aliphatic rings. The van der Waals surface area contributed by atoms with Crippen molar-refractivity contribution in [2.75, 3.05) is 0 Å². The predicted octanol–water partition coefficient (Wildman–Crippen LogP) is 4.71. The number of benzene rings is 1. The minimum Gasteiger partial charge on any atom is -0.456 e. The van der Waals surface area contributed by atoms with Gasteiger partial charge in [-0.3, -0.25) is 4.98 Å². The smallest absolute Gasteiger partial charge is 0.331 e. The van der Waals surface area contributed by atoms with E-state index in [9.17, 15) is 4.79 Å². The fourth-order valence-corrected chi connectivity index (χ4v) is 3.20.